The Balaban J connectivity index is 1.48. The van der Waals surface area contributed by atoms with Crippen LogP contribution in [0, 0.1) is 5.92 Å². The molecule has 2 aromatic heterocycles. The van der Waals surface area contributed by atoms with Gasteiger partial charge in [0.2, 0.25) is 10.0 Å². The van der Waals surface area contributed by atoms with Crippen LogP contribution < -0.4 is 4.72 Å². The molecule has 1 saturated carbocycles. The predicted molar refractivity (Wildman–Crippen MR) is 83.8 cm³/mol. The maximum Gasteiger partial charge on any atom is 0.293 e. The zero-order valence-corrected chi connectivity index (χ0v) is 13.7. The molecule has 1 aliphatic rings. The molecular formula is C15H21N3O4S. The lowest BCUT2D eigenvalue weighted by molar-refractivity contribution is 0.349. The molecule has 0 aromatic carbocycles. The van der Waals surface area contributed by atoms with E-state index in [1.54, 1.807) is 12.1 Å². The molecule has 1 fully saturated rings. The van der Waals surface area contributed by atoms with Crippen LogP contribution in [0.1, 0.15) is 44.3 Å². The molecule has 2 heterocycles. The highest BCUT2D eigenvalue weighted by molar-refractivity contribution is 7.89. The molecule has 0 aliphatic heterocycles. The van der Waals surface area contributed by atoms with Crippen molar-refractivity contribution in [3.8, 4) is 11.7 Å². The van der Waals surface area contributed by atoms with E-state index in [1.165, 1.54) is 25.5 Å². The number of nitrogens with zero attached hydrogens (tertiary/aromatic N) is 2. The Hall–Kier alpha value is -1.67. The van der Waals surface area contributed by atoms with Crippen LogP contribution in [0.3, 0.4) is 0 Å². The molecule has 0 spiro atoms. The molecule has 0 radical (unpaired) electrons. The van der Waals surface area contributed by atoms with Gasteiger partial charge in [0.05, 0.1) is 18.6 Å². The lowest BCUT2D eigenvalue weighted by Gasteiger charge is -2.21. The zero-order valence-electron chi connectivity index (χ0n) is 12.9. The lowest BCUT2D eigenvalue weighted by atomic mass is 9.88. The Bertz CT molecular complexity index is 703. The molecule has 126 valence electrons. The smallest absolute Gasteiger partial charge is 0.293 e. The van der Waals surface area contributed by atoms with Gasteiger partial charge in [0.1, 0.15) is 0 Å². The average Bonchev–Trinajstić information content (AvgIpc) is 3.23. The van der Waals surface area contributed by atoms with Gasteiger partial charge < -0.3 is 8.94 Å². The fraction of sp³-hybridized carbons (Fsp3) is 0.600. The van der Waals surface area contributed by atoms with Crippen LogP contribution in [0.2, 0.25) is 0 Å². The lowest BCUT2D eigenvalue weighted by Crippen LogP contribution is -2.27. The molecule has 0 bridgehead atoms. The van der Waals surface area contributed by atoms with E-state index in [1.807, 2.05) is 0 Å². The summed E-state index contributed by atoms with van der Waals surface area (Å²) in [4.78, 5) is 4.11. The van der Waals surface area contributed by atoms with Gasteiger partial charge in [-0.05, 0) is 24.5 Å². The second-order valence-electron chi connectivity index (χ2n) is 5.93. The first-order chi connectivity index (χ1) is 11.1. The summed E-state index contributed by atoms with van der Waals surface area (Å²) >= 11 is 0. The van der Waals surface area contributed by atoms with Gasteiger partial charge in [-0.2, -0.15) is 4.98 Å². The molecule has 7 nitrogen and oxygen atoms in total. The molecule has 1 aliphatic carbocycles. The summed E-state index contributed by atoms with van der Waals surface area (Å²) in [6.45, 7) is 0.0250. The molecular weight excluding hydrogens is 318 g/mol. The van der Waals surface area contributed by atoms with Crippen LogP contribution in [0.5, 0.6) is 0 Å². The van der Waals surface area contributed by atoms with Crippen LogP contribution in [0.25, 0.3) is 11.7 Å². The highest BCUT2D eigenvalue weighted by Crippen LogP contribution is 2.26. The number of hydrogen-bond acceptors (Lipinski definition) is 6. The van der Waals surface area contributed by atoms with Crippen molar-refractivity contribution in [3.63, 3.8) is 0 Å². The summed E-state index contributed by atoms with van der Waals surface area (Å²) in [5, 5.41) is 3.75. The Morgan fingerprint density at radius 1 is 1.26 bits per heavy atom. The number of aromatic nitrogens is 2. The summed E-state index contributed by atoms with van der Waals surface area (Å²) < 4.78 is 36.9. The van der Waals surface area contributed by atoms with Crippen molar-refractivity contribution in [3.05, 3.63) is 24.2 Å². The van der Waals surface area contributed by atoms with E-state index in [9.17, 15) is 8.42 Å². The van der Waals surface area contributed by atoms with Gasteiger partial charge >= 0.3 is 0 Å². The SMILES string of the molecule is O=S(=O)(CCC1CCCCC1)NCc1noc(-c2ccco2)n1. The normalized spacial score (nSPS) is 16.7. The highest BCUT2D eigenvalue weighted by atomic mass is 32.2. The van der Waals surface area contributed by atoms with E-state index < -0.39 is 10.0 Å². The van der Waals surface area contributed by atoms with Gasteiger partial charge in [0.15, 0.2) is 11.6 Å². The summed E-state index contributed by atoms with van der Waals surface area (Å²) in [5.41, 5.74) is 0. The minimum atomic E-state index is -3.32. The minimum Gasteiger partial charge on any atom is -0.459 e. The van der Waals surface area contributed by atoms with Crippen LogP contribution in [-0.4, -0.2) is 24.3 Å². The molecule has 23 heavy (non-hydrogen) atoms. The second kappa shape index (κ2) is 7.27. The average molecular weight is 339 g/mol. The van der Waals surface area contributed by atoms with Crippen molar-refractivity contribution in [2.75, 3.05) is 5.75 Å². The van der Waals surface area contributed by atoms with E-state index in [0.717, 1.165) is 19.3 Å². The number of hydrogen-bond donors (Lipinski definition) is 1. The van der Waals surface area contributed by atoms with Crippen molar-refractivity contribution in [1.29, 1.82) is 0 Å². The van der Waals surface area contributed by atoms with Gasteiger partial charge in [0.25, 0.3) is 5.89 Å². The third-order valence-corrected chi connectivity index (χ3v) is 5.53. The summed E-state index contributed by atoms with van der Waals surface area (Å²) in [7, 11) is -3.32. The fourth-order valence-electron chi connectivity index (χ4n) is 2.87. The van der Waals surface area contributed by atoms with E-state index in [0.29, 0.717) is 11.7 Å². The Morgan fingerprint density at radius 2 is 2.09 bits per heavy atom. The standard InChI is InChI=1S/C15H21N3O4S/c19-23(20,10-8-12-5-2-1-3-6-12)16-11-14-17-15(22-18-14)13-7-4-9-21-13/h4,7,9,12,16H,1-3,5-6,8,10-11H2. The van der Waals surface area contributed by atoms with Gasteiger partial charge in [0, 0.05) is 0 Å². The zero-order chi connectivity index (χ0) is 16.1. The Morgan fingerprint density at radius 3 is 2.83 bits per heavy atom. The largest absolute Gasteiger partial charge is 0.459 e. The Kier molecular flexibility index (Phi) is 5.12. The van der Waals surface area contributed by atoms with Crippen LogP contribution >= 0.6 is 0 Å². The van der Waals surface area contributed by atoms with E-state index in [4.69, 9.17) is 8.94 Å². The van der Waals surface area contributed by atoms with Gasteiger partial charge in [-0.3, -0.25) is 0 Å². The summed E-state index contributed by atoms with van der Waals surface area (Å²) in [5.74, 6) is 1.68. The van der Waals surface area contributed by atoms with E-state index in [2.05, 4.69) is 14.9 Å². The first-order valence-corrected chi connectivity index (χ1v) is 9.61. The summed E-state index contributed by atoms with van der Waals surface area (Å²) in [6.07, 6.45) is 8.23. The van der Waals surface area contributed by atoms with Crippen molar-refractivity contribution >= 4 is 10.0 Å². The topological polar surface area (TPSA) is 98.2 Å². The first-order valence-electron chi connectivity index (χ1n) is 7.96. The van der Waals surface area contributed by atoms with Crippen molar-refractivity contribution in [2.24, 2.45) is 5.92 Å². The minimum absolute atomic E-state index is 0.0250. The third kappa shape index (κ3) is 4.65. The van der Waals surface area contributed by atoms with E-state index >= 15 is 0 Å². The molecule has 0 atom stereocenters. The maximum absolute atomic E-state index is 12.1. The number of furan rings is 1. The highest BCUT2D eigenvalue weighted by Gasteiger charge is 2.19. The van der Waals surface area contributed by atoms with E-state index in [-0.39, 0.29) is 24.0 Å². The van der Waals surface area contributed by atoms with Gasteiger partial charge in [-0.1, -0.05) is 37.3 Å². The predicted octanol–water partition coefficient (Wildman–Crippen LogP) is 2.72. The molecule has 1 N–H and O–H groups in total. The molecule has 0 unspecified atom stereocenters. The molecule has 3 rings (SSSR count). The van der Waals surface area contributed by atoms with Gasteiger partial charge in [-0.25, -0.2) is 13.1 Å². The second-order valence-corrected chi connectivity index (χ2v) is 7.85. The summed E-state index contributed by atoms with van der Waals surface area (Å²) in [6, 6.07) is 3.42. The van der Waals surface area contributed by atoms with Crippen LogP contribution in [-0.2, 0) is 16.6 Å². The van der Waals surface area contributed by atoms with Crippen molar-refractivity contribution in [1.82, 2.24) is 14.9 Å². The van der Waals surface area contributed by atoms with Crippen LogP contribution in [0.4, 0.5) is 0 Å². The first kappa shape index (κ1) is 16.2. The molecule has 0 amide bonds. The Labute approximate surface area is 135 Å². The van der Waals surface area contributed by atoms with Crippen LogP contribution in [0.15, 0.2) is 27.3 Å². The quantitative estimate of drug-likeness (QED) is 0.833. The monoisotopic (exact) mass is 339 g/mol. The number of nitrogens with one attached hydrogen (secondary N) is 1. The third-order valence-electron chi connectivity index (χ3n) is 4.17. The number of rotatable bonds is 7. The number of sulfonamides is 1. The molecule has 0 saturated heterocycles. The van der Waals surface area contributed by atoms with Gasteiger partial charge in [-0.15, -0.1) is 0 Å². The van der Waals surface area contributed by atoms with Crippen molar-refractivity contribution in [2.45, 2.75) is 45.1 Å². The molecule has 8 heteroatoms. The maximum atomic E-state index is 12.1. The van der Waals surface area contributed by atoms with Crippen molar-refractivity contribution < 1.29 is 17.4 Å². The molecule has 2 aromatic rings. The fourth-order valence-corrected chi connectivity index (χ4v) is 4.01.